The third-order valence-electron chi connectivity index (χ3n) is 2.74. The maximum absolute atomic E-state index is 10.7. The van der Waals surface area contributed by atoms with Gasteiger partial charge in [-0.05, 0) is 32.4 Å². The summed E-state index contributed by atoms with van der Waals surface area (Å²) >= 11 is 0. The van der Waals surface area contributed by atoms with Crippen molar-refractivity contribution in [2.24, 2.45) is 11.7 Å². The molecule has 1 rings (SSSR count). The highest BCUT2D eigenvalue weighted by molar-refractivity contribution is 5.71. The number of rotatable bonds is 3. The van der Waals surface area contributed by atoms with Crippen LogP contribution < -0.4 is 5.73 Å². The molecule has 0 aliphatic carbocycles. The van der Waals surface area contributed by atoms with Gasteiger partial charge in [0.2, 0.25) is 0 Å². The zero-order valence-electron chi connectivity index (χ0n) is 8.49. The van der Waals surface area contributed by atoms with Gasteiger partial charge in [0, 0.05) is 20.1 Å². The highest BCUT2D eigenvalue weighted by Gasteiger charge is 2.19. The Kier molecular flexibility index (Phi) is 3.54. The molecule has 0 aromatic heterocycles. The van der Waals surface area contributed by atoms with Gasteiger partial charge in [-0.25, -0.2) is 4.79 Å². The molecule has 1 unspecified atom stereocenters. The van der Waals surface area contributed by atoms with E-state index in [1.165, 1.54) is 13.0 Å². The predicted octanol–water partition coefficient (Wildman–Crippen LogP) is 0.339. The molecule has 13 heavy (non-hydrogen) atoms. The molecular formula is C9H19N3O. The van der Waals surface area contributed by atoms with Crippen LogP contribution in [0, 0.1) is 5.92 Å². The standard InChI is InChI=1S/C9H19N3O/c1-11-5-3-8(7-11)4-6-12(2)9(10)13/h8H,3-7H2,1-2H3,(H2,10,13). The molecule has 1 saturated heterocycles. The molecule has 1 aliphatic rings. The third kappa shape index (κ3) is 3.22. The number of carbonyl (C=O) groups is 1. The van der Waals surface area contributed by atoms with E-state index in [9.17, 15) is 4.79 Å². The topological polar surface area (TPSA) is 49.6 Å². The van der Waals surface area contributed by atoms with Crippen molar-refractivity contribution in [3.05, 3.63) is 0 Å². The first-order valence-electron chi connectivity index (χ1n) is 4.78. The van der Waals surface area contributed by atoms with E-state index in [2.05, 4.69) is 11.9 Å². The molecular weight excluding hydrogens is 166 g/mol. The number of nitrogens with two attached hydrogens (primary N) is 1. The van der Waals surface area contributed by atoms with Crippen molar-refractivity contribution in [1.29, 1.82) is 0 Å². The first kappa shape index (κ1) is 10.3. The smallest absolute Gasteiger partial charge is 0.314 e. The molecule has 1 atom stereocenters. The van der Waals surface area contributed by atoms with Gasteiger partial charge in [0.15, 0.2) is 0 Å². The van der Waals surface area contributed by atoms with Gasteiger partial charge >= 0.3 is 6.03 Å². The molecule has 2 N–H and O–H groups in total. The first-order valence-corrected chi connectivity index (χ1v) is 4.78. The minimum Gasteiger partial charge on any atom is -0.351 e. The van der Waals surface area contributed by atoms with E-state index in [0.29, 0.717) is 0 Å². The van der Waals surface area contributed by atoms with Crippen LogP contribution in [0.5, 0.6) is 0 Å². The van der Waals surface area contributed by atoms with Gasteiger partial charge in [-0.15, -0.1) is 0 Å². The van der Waals surface area contributed by atoms with Crippen LogP contribution in [0.4, 0.5) is 4.79 Å². The van der Waals surface area contributed by atoms with Gasteiger partial charge in [0.25, 0.3) is 0 Å². The molecule has 0 spiro atoms. The lowest BCUT2D eigenvalue weighted by molar-refractivity contribution is 0.215. The van der Waals surface area contributed by atoms with Gasteiger partial charge in [0.1, 0.15) is 0 Å². The Hall–Kier alpha value is -0.770. The van der Waals surface area contributed by atoms with E-state index >= 15 is 0 Å². The Bertz CT molecular complexity index is 184. The van der Waals surface area contributed by atoms with E-state index in [0.717, 1.165) is 25.4 Å². The highest BCUT2D eigenvalue weighted by Crippen LogP contribution is 2.17. The zero-order chi connectivity index (χ0) is 9.84. The number of hydrogen-bond acceptors (Lipinski definition) is 2. The van der Waals surface area contributed by atoms with Crippen LogP contribution in [0.1, 0.15) is 12.8 Å². The van der Waals surface area contributed by atoms with Crippen molar-refractivity contribution in [2.45, 2.75) is 12.8 Å². The Morgan fingerprint density at radius 2 is 2.38 bits per heavy atom. The molecule has 0 aromatic rings. The minimum absolute atomic E-state index is 0.327. The summed E-state index contributed by atoms with van der Waals surface area (Å²) in [4.78, 5) is 14.6. The van der Waals surface area contributed by atoms with Crippen molar-refractivity contribution >= 4 is 6.03 Å². The van der Waals surface area contributed by atoms with E-state index in [1.54, 1.807) is 11.9 Å². The van der Waals surface area contributed by atoms with Gasteiger partial charge in [-0.2, -0.15) is 0 Å². The van der Waals surface area contributed by atoms with Gasteiger partial charge in [-0.3, -0.25) is 0 Å². The molecule has 1 fully saturated rings. The lowest BCUT2D eigenvalue weighted by Gasteiger charge is -2.16. The van der Waals surface area contributed by atoms with E-state index in [-0.39, 0.29) is 6.03 Å². The maximum atomic E-state index is 10.7. The van der Waals surface area contributed by atoms with Gasteiger partial charge in [-0.1, -0.05) is 0 Å². The Labute approximate surface area is 79.7 Å². The van der Waals surface area contributed by atoms with E-state index in [1.807, 2.05) is 0 Å². The summed E-state index contributed by atoms with van der Waals surface area (Å²) in [6.45, 7) is 3.13. The van der Waals surface area contributed by atoms with Gasteiger partial charge in [0.05, 0.1) is 0 Å². The van der Waals surface area contributed by atoms with E-state index < -0.39 is 0 Å². The second-order valence-electron chi connectivity index (χ2n) is 3.97. The first-order chi connectivity index (χ1) is 6.09. The average molecular weight is 185 g/mol. The van der Waals surface area contributed by atoms with Crippen LogP contribution in [0.3, 0.4) is 0 Å². The highest BCUT2D eigenvalue weighted by atomic mass is 16.2. The summed E-state index contributed by atoms with van der Waals surface area (Å²) in [6, 6.07) is -0.327. The maximum Gasteiger partial charge on any atom is 0.314 e. The summed E-state index contributed by atoms with van der Waals surface area (Å²) in [5.74, 6) is 0.742. The molecule has 1 aliphatic heterocycles. The van der Waals surface area contributed by atoms with Crippen molar-refractivity contribution in [3.8, 4) is 0 Å². The zero-order valence-corrected chi connectivity index (χ0v) is 8.49. The van der Waals surface area contributed by atoms with Gasteiger partial charge < -0.3 is 15.5 Å². The molecule has 0 saturated carbocycles. The molecule has 2 amide bonds. The number of primary amides is 1. The summed E-state index contributed by atoms with van der Waals surface area (Å²) < 4.78 is 0. The number of hydrogen-bond donors (Lipinski definition) is 1. The lowest BCUT2D eigenvalue weighted by Crippen LogP contribution is -2.33. The SMILES string of the molecule is CN1CCC(CCN(C)C(N)=O)C1. The summed E-state index contributed by atoms with van der Waals surface area (Å²) in [5, 5.41) is 0. The normalized spacial score (nSPS) is 23.4. The largest absolute Gasteiger partial charge is 0.351 e. The third-order valence-corrected chi connectivity index (χ3v) is 2.74. The Morgan fingerprint density at radius 1 is 1.69 bits per heavy atom. The number of urea groups is 1. The van der Waals surface area contributed by atoms with Crippen molar-refractivity contribution in [1.82, 2.24) is 9.80 Å². The number of amides is 2. The van der Waals surface area contributed by atoms with Crippen molar-refractivity contribution in [3.63, 3.8) is 0 Å². The summed E-state index contributed by atoms with van der Waals surface area (Å²) in [6.07, 6.45) is 2.33. The molecule has 0 aromatic carbocycles. The van der Waals surface area contributed by atoms with Crippen LogP contribution in [0.15, 0.2) is 0 Å². The fourth-order valence-corrected chi connectivity index (χ4v) is 1.75. The predicted molar refractivity (Wildman–Crippen MR) is 52.4 cm³/mol. The fraction of sp³-hybridized carbons (Fsp3) is 0.889. The molecule has 1 heterocycles. The van der Waals surface area contributed by atoms with E-state index in [4.69, 9.17) is 5.73 Å². The lowest BCUT2D eigenvalue weighted by atomic mass is 10.1. The van der Waals surface area contributed by atoms with Crippen LogP contribution in [0.25, 0.3) is 0 Å². The molecule has 4 heteroatoms. The molecule has 4 nitrogen and oxygen atoms in total. The minimum atomic E-state index is -0.327. The van der Waals surface area contributed by atoms with Crippen LogP contribution in [0.2, 0.25) is 0 Å². The Balaban J connectivity index is 2.16. The molecule has 0 radical (unpaired) electrons. The van der Waals surface area contributed by atoms with Crippen LogP contribution in [-0.2, 0) is 0 Å². The van der Waals surface area contributed by atoms with Crippen LogP contribution >= 0.6 is 0 Å². The monoisotopic (exact) mass is 185 g/mol. The number of nitrogens with zero attached hydrogens (tertiary/aromatic N) is 2. The van der Waals surface area contributed by atoms with Crippen LogP contribution in [-0.4, -0.2) is 49.6 Å². The molecule has 76 valence electrons. The summed E-state index contributed by atoms with van der Waals surface area (Å²) in [7, 11) is 3.89. The van der Waals surface area contributed by atoms with Crippen molar-refractivity contribution in [2.75, 3.05) is 33.7 Å². The Morgan fingerprint density at radius 3 is 2.85 bits per heavy atom. The van der Waals surface area contributed by atoms with Crippen molar-refractivity contribution < 1.29 is 4.79 Å². The second-order valence-corrected chi connectivity index (χ2v) is 3.97. The average Bonchev–Trinajstić information content (AvgIpc) is 2.47. The number of carbonyl (C=O) groups excluding carboxylic acids is 1. The second kappa shape index (κ2) is 4.46. The quantitative estimate of drug-likeness (QED) is 0.689. The summed E-state index contributed by atoms with van der Waals surface area (Å²) in [5.41, 5.74) is 5.12. The fourth-order valence-electron chi connectivity index (χ4n) is 1.75. The molecule has 0 bridgehead atoms. The number of likely N-dealkylation sites (tertiary alicyclic amines) is 1.